The summed E-state index contributed by atoms with van der Waals surface area (Å²) in [6.45, 7) is 11.6. The highest BCUT2D eigenvalue weighted by molar-refractivity contribution is 7.26. The van der Waals surface area contributed by atoms with Gasteiger partial charge in [0.2, 0.25) is 0 Å². The Morgan fingerprint density at radius 2 is 2.08 bits per heavy atom. The molecule has 1 fully saturated rings. The standard InChI is InChI=1S/C17H19N5O3.C6H10NO2P.H2O2/c1-3-5-11(4-2)17(24)21-15-14-16(19-9-18-15)22(10-20-14)13-7-6-12(8-23)25-13;1-2-5-8-10-9-6-3-4-7;1-2/h3-5,9-10,12-13,23H,1-2,6-8H2,(H,18,19,21,24);2,10H,1,3,5-6H2;1-2H/b11-5+;;. The lowest BCUT2D eigenvalue weighted by molar-refractivity contribution is -0.176. The summed E-state index contributed by atoms with van der Waals surface area (Å²) >= 11 is 0. The van der Waals surface area contributed by atoms with Crippen molar-refractivity contribution >= 4 is 31.9 Å². The van der Waals surface area contributed by atoms with E-state index in [4.69, 9.17) is 29.6 Å². The number of ether oxygens (including phenoxy) is 1. The number of allylic oxidation sites excluding steroid dienone is 2. The first-order valence-electron chi connectivity index (χ1n) is 11.0. The second-order valence-electron chi connectivity index (χ2n) is 6.97. The van der Waals surface area contributed by atoms with Gasteiger partial charge in [-0.15, -0.1) is 6.58 Å². The number of aromatic nitrogens is 4. The molecule has 0 radical (unpaired) electrons. The molecular weight excluding hydrogens is 503 g/mol. The first-order valence-corrected chi connectivity index (χ1v) is 11.8. The molecule has 3 unspecified atom stereocenters. The van der Waals surface area contributed by atoms with Crippen LogP contribution in [0.15, 0.2) is 62.3 Å². The van der Waals surface area contributed by atoms with Crippen LogP contribution in [0.2, 0.25) is 0 Å². The minimum atomic E-state index is -0.359. The average Bonchev–Trinajstić information content (AvgIpc) is 3.58. The number of fused-ring (bicyclic) bond motifs is 1. The molecule has 200 valence electrons. The van der Waals surface area contributed by atoms with Gasteiger partial charge in [-0.1, -0.05) is 37.5 Å². The molecule has 2 aromatic rings. The maximum Gasteiger partial charge on any atom is 0.256 e. The minimum absolute atomic E-state index is 0.0145. The molecule has 0 bridgehead atoms. The van der Waals surface area contributed by atoms with E-state index in [9.17, 15) is 9.90 Å². The topological polar surface area (TPSA) is 185 Å². The van der Waals surface area contributed by atoms with E-state index in [1.54, 1.807) is 23.0 Å². The van der Waals surface area contributed by atoms with Crippen molar-refractivity contribution in [3.05, 3.63) is 62.3 Å². The lowest BCUT2D eigenvalue weighted by Gasteiger charge is -2.13. The summed E-state index contributed by atoms with van der Waals surface area (Å²) in [5, 5.41) is 32.0. The van der Waals surface area contributed by atoms with Gasteiger partial charge in [-0.2, -0.15) is 5.26 Å². The number of hydrogen-bond acceptors (Lipinski definition) is 11. The molecule has 1 aliphatic heterocycles. The molecule has 4 N–H and O–H groups in total. The van der Waals surface area contributed by atoms with Crippen molar-refractivity contribution < 1.29 is 34.2 Å². The highest BCUT2D eigenvalue weighted by Crippen LogP contribution is 2.31. The normalized spacial score (nSPS) is 16.8. The zero-order valence-electron chi connectivity index (χ0n) is 20.2. The molecule has 3 rings (SSSR count). The SMILES string of the molecule is C=C/C=C(\C=C)C(=O)Nc1ncnc2c1ncn2C1CCC(CO)O1.C=CCOPOCCC#N.OO. The number of hydrogen-bond donors (Lipinski definition) is 4. The number of nitriles is 1. The van der Waals surface area contributed by atoms with Crippen molar-refractivity contribution in [2.45, 2.75) is 31.6 Å². The zero-order valence-corrected chi connectivity index (χ0v) is 21.2. The molecule has 0 spiro atoms. The Kier molecular flexibility index (Phi) is 16.2. The van der Waals surface area contributed by atoms with E-state index in [1.807, 2.05) is 6.07 Å². The fourth-order valence-electron chi connectivity index (χ4n) is 3.00. The maximum absolute atomic E-state index is 12.3. The predicted octanol–water partition coefficient (Wildman–Crippen LogP) is 3.38. The van der Waals surface area contributed by atoms with E-state index >= 15 is 0 Å². The Balaban J connectivity index is 0.000000483. The monoisotopic (exact) mass is 534 g/mol. The van der Waals surface area contributed by atoms with E-state index in [-0.39, 0.29) is 33.9 Å². The minimum Gasteiger partial charge on any atom is -0.394 e. The Morgan fingerprint density at radius 1 is 1.30 bits per heavy atom. The number of carbonyl (C=O) groups excluding carboxylic acids is 1. The molecule has 2 aromatic heterocycles. The Morgan fingerprint density at radius 3 is 2.70 bits per heavy atom. The van der Waals surface area contributed by atoms with Gasteiger partial charge in [0.1, 0.15) is 12.6 Å². The van der Waals surface area contributed by atoms with Crippen molar-refractivity contribution in [2.24, 2.45) is 0 Å². The first-order chi connectivity index (χ1) is 18.1. The lowest BCUT2D eigenvalue weighted by atomic mass is 10.2. The van der Waals surface area contributed by atoms with Crippen LogP contribution in [-0.4, -0.2) is 67.0 Å². The van der Waals surface area contributed by atoms with Gasteiger partial charge in [0.15, 0.2) is 26.0 Å². The Bertz CT molecular complexity index is 1090. The third kappa shape index (κ3) is 10.3. The van der Waals surface area contributed by atoms with Crippen LogP contribution in [0.5, 0.6) is 0 Å². The third-order valence-electron chi connectivity index (χ3n) is 4.60. The van der Waals surface area contributed by atoms with Gasteiger partial charge in [0, 0.05) is 5.57 Å². The molecule has 3 heterocycles. The quantitative estimate of drug-likeness (QED) is 0.0595. The van der Waals surface area contributed by atoms with Crippen LogP contribution in [0, 0.1) is 11.3 Å². The molecule has 0 aliphatic carbocycles. The van der Waals surface area contributed by atoms with Crippen LogP contribution in [0.4, 0.5) is 5.82 Å². The number of imidazole rings is 1. The number of aliphatic hydroxyl groups is 1. The molecule has 37 heavy (non-hydrogen) atoms. The second-order valence-corrected chi connectivity index (χ2v) is 7.72. The van der Waals surface area contributed by atoms with Crippen molar-refractivity contribution in [2.75, 3.05) is 25.1 Å². The maximum atomic E-state index is 12.3. The van der Waals surface area contributed by atoms with Crippen LogP contribution in [0.25, 0.3) is 11.2 Å². The van der Waals surface area contributed by atoms with Crippen LogP contribution in [-0.2, 0) is 18.6 Å². The van der Waals surface area contributed by atoms with Crippen molar-refractivity contribution in [3.63, 3.8) is 0 Å². The number of anilines is 1. The number of aliphatic hydroxyl groups excluding tert-OH is 1. The number of carbonyl (C=O) groups is 1. The molecule has 1 saturated heterocycles. The highest BCUT2D eigenvalue weighted by atomic mass is 31.1. The van der Waals surface area contributed by atoms with Gasteiger partial charge in [0.05, 0.1) is 44.7 Å². The van der Waals surface area contributed by atoms with E-state index in [0.29, 0.717) is 42.2 Å². The van der Waals surface area contributed by atoms with Crippen LogP contribution < -0.4 is 5.32 Å². The molecule has 0 aromatic carbocycles. The average molecular weight is 535 g/mol. The second kappa shape index (κ2) is 18.9. The van der Waals surface area contributed by atoms with Gasteiger partial charge in [0.25, 0.3) is 5.91 Å². The molecule has 13 nitrogen and oxygen atoms in total. The van der Waals surface area contributed by atoms with E-state index in [1.165, 1.54) is 18.5 Å². The van der Waals surface area contributed by atoms with Crippen molar-refractivity contribution in [1.29, 1.82) is 5.26 Å². The molecule has 1 aliphatic rings. The van der Waals surface area contributed by atoms with Crippen LogP contribution in [0.1, 0.15) is 25.5 Å². The zero-order chi connectivity index (χ0) is 27.5. The van der Waals surface area contributed by atoms with Crippen molar-refractivity contribution in [1.82, 2.24) is 19.5 Å². The fraction of sp³-hybridized carbons (Fsp3) is 0.348. The Hall–Kier alpha value is -3.34. The summed E-state index contributed by atoms with van der Waals surface area (Å²) in [7, 11) is 0.0265. The van der Waals surface area contributed by atoms with Gasteiger partial charge in [-0.25, -0.2) is 15.0 Å². The summed E-state index contributed by atoms with van der Waals surface area (Å²) in [4.78, 5) is 24.9. The molecule has 3 atom stereocenters. The summed E-state index contributed by atoms with van der Waals surface area (Å²) in [5.41, 5.74) is 1.39. The Labute approximate surface area is 216 Å². The van der Waals surface area contributed by atoms with E-state index < -0.39 is 0 Å². The lowest BCUT2D eigenvalue weighted by Crippen LogP contribution is -2.15. The smallest absolute Gasteiger partial charge is 0.256 e. The first kappa shape index (κ1) is 31.7. The van der Waals surface area contributed by atoms with E-state index in [2.05, 4.69) is 40.0 Å². The number of nitrogens with zero attached hydrogens (tertiary/aromatic N) is 5. The number of nitrogens with one attached hydrogen (secondary N) is 1. The van der Waals surface area contributed by atoms with Gasteiger partial charge < -0.3 is 24.2 Å². The number of amides is 1. The molecule has 1 amide bonds. The number of rotatable bonds is 12. The van der Waals surface area contributed by atoms with Crippen molar-refractivity contribution in [3.8, 4) is 6.07 Å². The fourth-order valence-corrected chi connectivity index (χ4v) is 3.45. The molecule has 0 saturated carbocycles. The largest absolute Gasteiger partial charge is 0.394 e. The van der Waals surface area contributed by atoms with Gasteiger partial charge >= 0.3 is 0 Å². The molecular formula is C23H31N6O7P. The van der Waals surface area contributed by atoms with E-state index in [0.717, 1.165) is 12.8 Å². The summed E-state index contributed by atoms with van der Waals surface area (Å²) in [6.07, 6.45) is 10.6. The third-order valence-corrected chi connectivity index (χ3v) is 5.21. The van der Waals surface area contributed by atoms with Crippen LogP contribution in [0.3, 0.4) is 0 Å². The van der Waals surface area contributed by atoms with Gasteiger partial charge in [-0.3, -0.25) is 19.9 Å². The molecule has 14 heteroatoms. The summed E-state index contributed by atoms with van der Waals surface area (Å²) in [6, 6.07) is 1.96. The summed E-state index contributed by atoms with van der Waals surface area (Å²) in [5.74, 6) is -0.0517. The highest BCUT2D eigenvalue weighted by Gasteiger charge is 2.28. The predicted molar refractivity (Wildman–Crippen MR) is 139 cm³/mol. The van der Waals surface area contributed by atoms with Crippen LogP contribution >= 0.6 is 9.03 Å². The summed E-state index contributed by atoms with van der Waals surface area (Å²) < 4.78 is 17.4. The van der Waals surface area contributed by atoms with Gasteiger partial charge in [-0.05, 0) is 12.8 Å².